The van der Waals surface area contributed by atoms with Crippen molar-refractivity contribution in [1.29, 1.82) is 0 Å². The van der Waals surface area contributed by atoms with Crippen molar-refractivity contribution >= 4 is 23.6 Å². The molecule has 124 valence electrons. The van der Waals surface area contributed by atoms with Crippen molar-refractivity contribution in [2.24, 2.45) is 0 Å². The molecule has 0 aliphatic heterocycles. The predicted octanol–water partition coefficient (Wildman–Crippen LogP) is -2.11. The van der Waals surface area contributed by atoms with E-state index in [2.05, 4.69) is 33.1 Å². The number of rotatable bonds is 10. The van der Waals surface area contributed by atoms with Gasteiger partial charge in [0.15, 0.2) is 0 Å². The van der Waals surface area contributed by atoms with Crippen LogP contribution in [0.25, 0.3) is 0 Å². The number of carbonyl (C=O) groups is 4. The number of terminal acetylenes is 2. The van der Waals surface area contributed by atoms with Crippen LogP contribution in [0.5, 0.6) is 0 Å². The van der Waals surface area contributed by atoms with E-state index >= 15 is 0 Å². The molecule has 0 aromatic carbocycles. The molecular formula is C15H20N4O4. The Morgan fingerprint density at radius 2 is 1.09 bits per heavy atom. The van der Waals surface area contributed by atoms with Crippen LogP contribution in [-0.2, 0) is 19.2 Å². The first-order valence-electron chi connectivity index (χ1n) is 6.93. The van der Waals surface area contributed by atoms with E-state index in [1.54, 1.807) is 0 Å². The Bertz CT molecular complexity index is 517. The second-order valence-electron chi connectivity index (χ2n) is 4.34. The Labute approximate surface area is 135 Å². The quantitative estimate of drug-likeness (QED) is 0.272. The van der Waals surface area contributed by atoms with Gasteiger partial charge in [0.1, 0.15) is 0 Å². The molecule has 0 saturated carbocycles. The van der Waals surface area contributed by atoms with Gasteiger partial charge in [-0.1, -0.05) is 0 Å². The maximum absolute atomic E-state index is 11.4. The number of nitrogens with one attached hydrogen (secondary N) is 4. The molecule has 0 aliphatic rings. The average Bonchev–Trinajstić information content (AvgIpc) is 2.54. The zero-order chi connectivity index (χ0) is 17.5. The molecule has 8 nitrogen and oxygen atoms in total. The molecule has 0 heterocycles. The summed E-state index contributed by atoms with van der Waals surface area (Å²) in [7, 11) is 0. The van der Waals surface area contributed by atoms with Crippen molar-refractivity contribution in [3.63, 3.8) is 0 Å². The van der Waals surface area contributed by atoms with Crippen LogP contribution in [0.2, 0.25) is 0 Å². The second-order valence-corrected chi connectivity index (χ2v) is 4.34. The first-order valence-corrected chi connectivity index (χ1v) is 6.93. The zero-order valence-corrected chi connectivity index (χ0v) is 12.7. The van der Waals surface area contributed by atoms with Crippen LogP contribution < -0.4 is 21.3 Å². The summed E-state index contributed by atoms with van der Waals surface area (Å²) in [6, 6.07) is 0. The lowest BCUT2D eigenvalue weighted by atomic mass is 10.3. The summed E-state index contributed by atoms with van der Waals surface area (Å²) in [4.78, 5) is 45.3. The highest BCUT2D eigenvalue weighted by Crippen LogP contribution is 1.84. The number of hydrogen-bond acceptors (Lipinski definition) is 4. The molecule has 23 heavy (non-hydrogen) atoms. The summed E-state index contributed by atoms with van der Waals surface area (Å²) in [5, 5.41) is 9.51. The van der Waals surface area contributed by atoms with Gasteiger partial charge in [0, 0.05) is 25.8 Å². The first-order chi connectivity index (χ1) is 11.0. The number of hydrogen-bond donors (Lipinski definition) is 4. The lowest BCUT2D eigenvalue weighted by Gasteiger charge is -2.08. The largest absolute Gasteiger partial charge is 0.354 e. The third-order valence-corrected chi connectivity index (χ3v) is 2.43. The van der Waals surface area contributed by atoms with Gasteiger partial charge < -0.3 is 21.3 Å². The fraction of sp³-hybridized carbons (Fsp3) is 0.467. The SMILES string of the molecule is C#CCCNC(=O)CNC(=O)CNC(=O)CNC(=O)CCC#C. The Balaban J connectivity index is 3.74. The first kappa shape index (κ1) is 20.0. The van der Waals surface area contributed by atoms with Crippen LogP contribution in [0.1, 0.15) is 19.3 Å². The lowest BCUT2D eigenvalue weighted by Crippen LogP contribution is -2.44. The molecule has 0 bridgehead atoms. The Hall–Kier alpha value is -3.00. The molecule has 0 aromatic rings. The fourth-order valence-corrected chi connectivity index (χ4v) is 1.27. The topological polar surface area (TPSA) is 116 Å². The molecule has 4 amide bonds. The van der Waals surface area contributed by atoms with Crippen LogP contribution in [0.3, 0.4) is 0 Å². The van der Waals surface area contributed by atoms with E-state index in [9.17, 15) is 19.2 Å². The second kappa shape index (κ2) is 12.7. The van der Waals surface area contributed by atoms with Crippen molar-refractivity contribution in [1.82, 2.24) is 21.3 Å². The molecule has 0 spiro atoms. The van der Waals surface area contributed by atoms with Crippen LogP contribution in [0, 0.1) is 24.7 Å². The van der Waals surface area contributed by atoms with Gasteiger partial charge in [0.2, 0.25) is 23.6 Å². The normalized spacial score (nSPS) is 8.96. The maximum atomic E-state index is 11.4. The van der Waals surface area contributed by atoms with E-state index in [0.717, 1.165) is 0 Å². The summed E-state index contributed by atoms with van der Waals surface area (Å²) in [6.07, 6.45) is 10.9. The van der Waals surface area contributed by atoms with Gasteiger partial charge >= 0.3 is 0 Å². The monoisotopic (exact) mass is 320 g/mol. The van der Waals surface area contributed by atoms with Gasteiger partial charge in [-0.15, -0.1) is 24.7 Å². The highest BCUT2D eigenvalue weighted by atomic mass is 16.2. The van der Waals surface area contributed by atoms with E-state index < -0.39 is 11.8 Å². The summed E-state index contributed by atoms with van der Waals surface area (Å²) < 4.78 is 0. The minimum Gasteiger partial charge on any atom is -0.354 e. The predicted molar refractivity (Wildman–Crippen MR) is 83.6 cm³/mol. The summed E-state index contributed by atoms with van der Waals surface area (Å²) >= 11 is 0. The fourth-order valence-electron chi connectivity index (χ4n) is 1.27. The zero-order valence-electron chi connectivity index (χ0n) is 12.7. The van der Waals surface area contributed by atoms with E-state index in [1.807, 2.05) is 0 Å². The van der Waals surface area contributed by atoms with E-state index in [0.29, 0.717) is 19.4 Å². The maximum Gasteiger partial charge on any atom is 0.239 e. The van der Waals surface area contributed by atoms with E-state index in [-0.39, 0.29) is 37.9 Å². The Morgan fingerprint density at radius 3 is 1.57 bits per heavy atom. The molecule has 0 rings (SSSR count). The minimum absolute atomic E-state index is 0.138. The highest BCUT2D eigenvalue weighted by molar-refractivity contribution is 5.89. The number of amides is 4. The van der Waals surface area contributed by atoms with E-state index in [4.69, 9.17) is 12.8 Å². The van der Waals surface area contributed by atoms with E-state index in [1.165, 1.54) is 0 Å². The molecular weight excluding hydrogens is 300 g/mol. The third kappa shape index (κ3) is 12.5. The van der Waals surface area contributed by atoms with Crippen LogP contribution in [0.4, 0.5) is 0 Å². The summed E-state index contributed by atoms with van der Waals surface area (Å²) in [6.45, 7) is -0.413. The highest BCUT2D eigenvalue weighted by Gasteiger charge is 2.08. The van der Waals surface area contributed by atoms with Crippen LogP contribution in [0.15, 0.2) is 0 Å². The summed E-state index contributed by atoms with van der Waals surface area (Å²) in [5.41, 5.74) is 0. The van der Waals surface area contributed by atoms with Gasteiger partial charge in [0.25, 0.3) is 0 Å². The van der Waals surface area contributed by atoms with Gasteiger partial charge in [-0.25, -0.2) is 0 Å². The van der Waals surface area contributed by atoms with Crippen molar-refractivity contribution in [2.75, 3.05) is 26.2 Å². The smallest absolute Gasteiger partial charge is 0.239 e. The molecule has 0 fully saturated rings. The molecule has 4 N–H and O–H groups in total. The van der Waals surface area contributed by atoms with Gasteiger partial charge in [0.05, 0.1) is 19.6 Å². The van der Waals surface area contributed by atoms with Gasteiger partial charge in [-0.3, -0.25) is 19.2 Å². The van der Waals surface area contributed by atoms with Gasteiger partial charge in [-0.2, -0.15) is 0 Å². The van der Waals surface area contributed by atoms with Gasteiger partial charge in [-0.05, 0) is 0 Å². The number of carbonyl (C=O) groups excluding carboxylic acids is 4. The minimum atomic E-state index is -0.524. The average molecular weight is 320 g/mol. The molecule has 0 atom stereocenters. The van der Waals surface area contributed by atoms with Crippen molar-refractivity contribution < 1.29 is 19.2 Å². The molecule has 0 aromatic heterocycles. The van der Waals surface area contributed by atoms with Crippen molar-refractivity contribution in [3.05, 3.63) is 0 Å². The van der Waals surface area contributed by atoms with Crippen molar-refractivity contribution in [3.8, 4) is 24.7 Å². The molecule has 0 radical (unpaired) electrons. The molecule has 0 saturated heterocycles. The summed E-state index contributed by atoms with van der Waals surface area (Å²) in [5.74, 6) is 2.91. The Kier molecular flexibility index (Phi) is 11.1. The standard InChI is InChI=1S/C15H20N4O4/c1-3-5-7-12(20)17-10-14(22)19-11-15(23)18-9-13(21)16-8-6-4-2/h1-2H,5-11H2,(H,16,21)(H,17,20)(H,18,23)(H,19,22). The van der Waals surface area contributed by atoms with Crippen molar-refractivity contribution in [2.45, 2.75) is 19.3 Å². The Morgan fingerprint density at radius 1 is 0.652 bits per heavy atom. The lowest BCUT2D eigenvalue weighted by molar-refractivity contribution is -0.128. The third-order valence-electron chi connectivity index (χ3n) is 2.43. The van der Waals surface area contributed by atoms with Crippen LogP contribution >= 0.6 is 0 Å². The molecule has 0 aliphatic carbocycles. The molecule has 0 unspecified atom stereocenters. The molecule has 8 heteroatoms. The van der Waals surface area contributed by atoms with Crippen LogP contribution in [-0.4, -0.2) is 49.8 Å².